The van der Waals surface area contributed by atoms with Crippen LogP contribution in [0.15, 0.2) is 23.3 Å². The minimum absolute atomic E-state index is 0.00859. The lowest BCUT2D eigenvalue weighted by Crippen LogP contribution is -2.47. The van der Waals surface area contributed by atoms with Crippen LogP contribution in [0.2, 0.25) is 0 Å². The maximum atomic E-state index is 11.9. The normalized spacial score (nSPS) is 42.1. The lowest BCUT2D eigenvalue weighted by Gasteiger charge is -2.47. The lowest BCUT2D eigenvalue weighted by atomic mass is 9.59. The van der Waals surface area contributed by atoms with E-state index in [1.54, 1.807) is 0 Å². The molecule has 1 aliphatic heterocycles. The molecule has 3 aliphatic rings. The quantitative estimate of drug-likeness (QED) is 0.531. The number of esters is 1. The minimum Gasteiger partial charge on any atom is -0.458 e. The van der Waals surface area contributed by atoms with Crippen LogP contribution in [-0.2, 0) is 14.3 Å². The molecule has 0 aromatic carbocycles. The van der Waals surface area contributed by atoms with E-state index in [0.717, 1.165) is 11.1 Å². The molecule has 4 atom stereocenters. The van der Waals surface area contributed by atoms with Crippen LogP contribution in [0.3, 0.4) is 0 Å². The number of Topliss-reactive ketones (excluding diaryl/α,β-unsaturated/α-hetero) is 1. The molecular weight excluding hydrogens is 244 g/mol. The van der Waals surface area contributed by atoms with E-state index >= 15 is 0 Å². The smallest absolute Gasteiger partial charge is 0.334 e. The van der Waals surface area contributed by atoms with Gasteiger partial charge in [-0.25, -0.2) is 4.79 Å². The summed E-state index contributed by atoms with van der Waals surface area (Å²) in [6.45, 7) is 7.59. The number of allylic oxidation sites excluding steroid dienone is 1. The molecule has 2 aliphatic carbocycles. The number of rotatable bonds is 0. The molecule has 0 aromatic rings. The van der Waals surface area contributed by atoms with Crippen LogP contribution in [0.4, 0.5) is 0 Å². The van der Waals surface area contributed by atoms with Gasteiger partial charge in [0.1, 0.15) is 6.10 Å². The first-order valence-electron chi connectivity index (χ1n) is 6.66. The molecule has 0 radical (unpaired) electrons. The summed E-state index contributed by atoms with van der Waals surface area (Å²) in [6.07, 6.45) is 0.443. The summed E-state index contributed by atoms with van der Waals surface area (Å²) in [5.74, 6) is -0.366. The predicted octanol–water partition coefficient (Wildman–Crippen LogP) is 1.53. The summed E-state index contributed by atoms with van der Waals surface area (Å²) >= 11 is 0. The summed E-state index contributed by atoms with van der Waals surface area (Å²) < 4.78 is 5.35. The van der Waals surface area contributed by atoms with Gasteiger partial charge in [0, 0.05) is 23.3 Å². The van der Waals surface area contributed by atoms with Gasteiger partial charge in [0.25, 0.3) is 0 Å². The second kappa shape index (κ2) is 3.79. The van der Waals surface area contributed by atoms with Crippen molar-refractivity contribution in [1.29, 1.82) is 0 Å². The average molecular weight is 262 g/mol. The molecule has 1 saturated heterocycles. The van der Waals surface area contributed by atoms with Crippen molar-refractivity contribution in [2.45, 2.75) is 45.3 Å². The molecule has 4 nitrogen and oxygen atoms in total. The van der Waals surface area contributed by atoms with E-state index in [9.17, 15) is 14.7 Å². The van der Waals surface area contributed by atoms with E-state index in [4.69, 9.17) is 4.74 Å². The number of fused-ring (bicyclic) bond motifs is 2. The fraction of sp³-hybridized carbons (Fsp3) is 0.600. The summed E-state index contributed by atoms with van der Waals surface area (Å²) in [7, 11) is 0. The van der Waals surface area contributed by atoms with Crippen LogP contribution in [0.5, 0.6) is 0 Å². The second-order valence-electron chi connectivity index (χ2n) is 6.15. The van der Waals surface area contributed by atoms with Gasteiger partial charge >= 0.3 is 5.97 Å². The maximum absolute atomic E-state index is 11.9. The summed E-state index contributed by atoms with van der Waals surface area (Å²) in [5, 5.41) is 10.3. The summed E-state index contributed by atoms with van der Waals surface area (Å²) in [6, 6.07) is 0. The SMILES string of the molecule is C=C1C(=O)O[C@@H]2C[C@]3(C)C(=C(C)C(=O)C[C@H]3O)C[C@H]12. The zero-order valence-electron chi connectivity index (χ0n) is 11.2. The van der Waals surface area contributed by atoms with E-state index < -0.39 is 11.5 Å². The number of ether oxygens (including phenoxy) is 1. The van der Waals surface area contributed by atoms with Crippen molar-refractivity contribution in [1.82, 2.24) is 0 Å². The third kappa shape index (κ3) is 1.56. The third-order valence-corrected chi connectivity index (χ3v) is 5.14. The molecule has 4 heteroatoms. The topological polar surface area (TPSA) is 63.6 Å². The van der Waals surface area contributed by atoms with Gasteiger partial charge in [-0.1, -0.05) is 19.1 Å². The first kappa shape index (κ1) is 12.6. The zero-order chi connectivity index (χ0) is 13.9. The highest BCUT2D eigenvalue weighted by atomic mass is 16.6. The van der Waals surface area contributed by atoms with Gasteiger partial charge in [-0.15, -0.1) is 0 Å². The lowest BCUT2D eigenvalue weighted by molar-refractivity contribution is -0.142. The Morgan fingerprint density at radius 3 is 2.74 bits per heavy atom. The van der Waals surface area contributed by atoms with E-state index in [1.165, 1.54) is 0 Å². The molecule has 2 fully saturated rings. The highest BCUT2D eigenvalue weighted by molar-refractivity contribution is 5.97. The van der Waals surface area contributed by atoms with Gasteiger partial charge in [-0.05, 0) is 25.3 Å². The molecular formula is C15H18O4. The Kier molecular flexibility index (Phi) is 2.52. The molecule has 0 amide bonds. The largest absolute Gasteiger partial charge is 0.458 e. The van der Waals surface area contributed by atoms with Gasteiger partial charge in [0.2, 0.25) is 0 Å². The van der Waals surface area contributed by atoms with Gasteiger partial charge < -0.3 is 9.84 Å². The third-order valence-electron chi connectivity index (χ3n) is 5.14. The zero-order valence-corrected chi connectivity index (χ0v) is 11.2. The Morgan fingerprint density at radius 1 is 1.37 bits per heavy atom. The molecule has 0 unspecified atom stereocenters. The number of hydrogen-bond acceptors (Lipinski definition) is 4. The fourth-order valence-corrected chi connectivity index (χ4v) is 3.74. The van der Waals surface area contributed by atoms with E-state index in [-0.39, 0.29) is 30.2 Å². The van der Waals surface area contributed by atoms with Crippen molar-refractivity contribution in [3.8, 4) is 0 Å². The van der Waals surface area contributed by atoms with Crippen LogP contribution >= 0.6 is 0 Å². The summed E-state index contributed by atoms with van der Waals surface area (Å²) in [4.78, 5) is 23.5. The highest BCUT2D eigenvalue weighted by Gasteiger charge is 2.54. The van der Waals surface area contributed by atoms with Gasteiger partial charge in [0.05, 0.1) is 6.10 Å². The minimum atomic E-state index is -0.688. The standard InChI is InChI=1S/C15H18O4/c1-7-9-4-10-8(2)11(16)5-13(17)15(10,3)6-12(9)19-14(7)18/h9,12-13,17H,1,4-6H2,2-3H3/t9-,12-,13-,15-/m1/s1. The van der Waals surface area contributed by atoms with Crippen molar-refractivity contribution in [2.75, 3.05) is 0 Å². The Balaban J connectivity index is 2.06. The van der Waals surface area contributed by atoms with Crippen molar-refractivity contribution >= 4 is 11.8 Å². The van der Waals surface area contributed by atoms with Gasteiger partial charge in [-0.2, -0.15) is 0 Å². The Bertz CT molecular complexity index is 530. The van der Waals surface area contributed by atoms with Crippen LogP contribution < -0.4 is 0 Å². The van der Waals surface area contributed by atoms with Crippen LogP contribution in [0.25, 0.3) is 0 Å². The molecule has 102 valence electrons. The maximum Gasteiger partial charge on any atom is 0.334 e. The molecule has 1 N–H and O–H groups in total. The van der Waals surface area contributed by atoms with Crippen LogP contribution in [0.1, 0.15) is 33.1 Å². The molecule has 1 saturated carbocycles. The Labute approximate surface area is 112 Å². The van der Waals surface area contributed by atoms with Gasteiger partial charge in [0.15, 0.2) is 5.78 Å². The molecule has 1 heterocycles. The Morgan fingerprint density at radius 2 is 2.05 bits per heavy atom. The molecule has 0 spiro atoms. The first-order chi connectivity index (χ1) is 8.84. The number of aliphatic hydroxyl groups is 1. The Hall–Kier alpha value is -1.42. The van der Waals surface area contributed by atoms with Gasteiger partial charge in [-0.3, -0.25) is 4.79 Å². The monoisotopic (exact) mass is 262 g/mol. The number of carbonyl (C=O) groups is 2. The van der Waals surface area contributed by atoms with E-state index in [2.05, 4.69) is 6.58 Å². The molecule has 19 heavy (non-hydrogen) atoms. The van der Waals surface area contributed by atoms with Crippen molar-refractivity contribution in [3.63, 3.8) is 0 Å². The number of hydrogen-bond donors (Lipinski definition) is 1. The molecule has 0 bridgehead atoms. The first-order valence-corrected chi connectivity index (χ1v) is 6.66. The van der Waals surface area contributed by atoms with Crippen molar-refractivity contribution < 1.29 is 19.4 Å². The predicted molar refractivity (Wildman–Crippen MR) is 68.2 cm³/mol. The fourth-order valence-electron chi connectivity index (χ4n) is 3.74. The number of ketones is 1. The summed E-state index contributed by atoms with van der Waals surface area (Å²) in [5.41, 5.74) is 1.78. The second-order valence-corrected chi connectivity index (χ2v) is 6.15. The highest BCUT2D eigenvalue weighted by Crippen LogP contribution is 2.54. The van der Waals surface area contributed by atoms with Crippen LogP contribution in [0, 0.1) is 11.3 Å². The van der Waals surface area contributed by atoms with Crippen LogP contribution in [-0.4, -0.2) is 29.1 Å². The van der Waals surface area contributed by atoms with E-state index in [1.807, 2.05) is 13.8 Å². The molecule has 3 rings (SSSR count). The van der Waals surface area contributed by atoms with E-state index in [0.29, 0.717) is 18.4 Å². The van der Waals surface area contributed by atoms with Crippen molar-refractivity contribution in [3.05, 3.63) is 23.3 Å². The average Bonchev–Trinajstić information content (AvgIpc) is 2.61. The van der Waals surface area contributed by atoms with Crippen molar-refractivity contribution in [2.24, 2.45) is 11.3 Å². The number of aliphatic hydroxyl groups excluding tert-OH is 1. The molecule has 0 aromatic heterocycles. The number of carbonyl (C=O) groups excluding carboxylic acids is 2.